The van der Waals surface area contributed by atoms with Crippen molar-refractivity contribution in [1.82, 2.24) is 5.32 Å². The van der Waals surface area contributed by atoms with Crippen LogP contribution in [0.1, 0.15) is 32.6 Å². The monoisotopic (exact) mass is 203 g/mol. The SMILES string of the molecule is CCCCCCNC1=CSCS1. The van der Waals surface area contributed by atoms with Gasteiger partial charge in [-0.05, 0) is 6.42 Å². The van der Waals surface area contributed by atoms with Crippen LogP contribution in [-0.4, -0.2) is 11.6 Å². The molecule has 1 aliphatic heterocycles. The van der Waals surface area contributed by atoms with E-state index in [9.17, 15) is 0 Å². The van der Waals surface area contributed by atoms with Crippen molar-refractivity contribution < 1.29 is 0 Å². The Bertz CT molecular complexity index is 145. The maximum Gasteiger partial charge on any atom is 0.0754 e. The van der Waals surface area contributed by atoms with Gasteiger partial charge in [-0.2, -0.15) is 0 Å². The van der Waals surface area contributed by atoms with E-state index in [1.165, 1.54) is 35.8 Å². The van der Waals surface area contributed by atoms with E-state index in [2.05, 4.69) is 17.6 Å². The highest BCUT2D eigenvalue weighted by molar-refractivity contribution is 8.21. The molecule has 0 unspecified atom stereocenters. The van der Waals surface area contributed by atoms with Gasteiger partial charge in [0.15, 0.2) is 0 Å². The van der Waals surface area contributed by atoms with Crippen molar-refractivity contribution in [3.8, 4) is 0 Å². The summed E-state index contributed by atoms with van der Waals surface area (Å²) in [6.45, 7) is 3.40. The van der Waals surface area contributed by atoms with Crippen molar-refractivity contribution in [2.24, 2.45) is 0 Å². The predicted molar refractivity (Wildman–Crippen MR) is 60.3 cm³/mol. The lowest BCUT2D eigenvalue weighted by Gasteiger charge is -2.04. The Hall–Kier alpha value is 0.240. The molecule has 0 saturated heterocycles. The van der Waals surface area contributed by atoms with E-state index < -0.39 is 0 Å². The van der Waals surface area contributed by atoms with E-state index in [0.717, 1.165) is 6.54 Å². The zero-order valence-electron chi connectivity index (χ0n) is 7.64. The van der Waals surface area contributed by atoms with Crippen LogP contribution in [0.2, 0.25) is 0 Å². The molecule has 0 bridgehead atoms. The maximum atomic E-state index is 3.44. The standard InChI is InChI=1S/C9H17NS2/c1-2-3-4-5-6-10-9-7-11-8-12-9/h7,10H,2-6,8H2,1H3. The molecule has 12 heavy (non-hydrogen) atoms. The van der Waals surface area contributed by atoms with Gasteiger partial charge in [0.05, 0.1) is 5.03 Å². The molecule has 0 spiro atoms. The fourth-order valence-electron chi connectivity index (χ4n) is 1.10. The minimum absolute atomic E-state index is 1.15. The molecule has 3 heteroatoms. The molecule has 0 saturated carbocycles. The summed E-state index contributed by atoms with van der Waals surface area (Å²) in [5.74, 6) is 0. The first-order valence-electron chi connectivity index (χ1n) is 4.62. The zero-order valence-corrected chi connectivity index (χ0v) is 9.27. The largest absolute Gasteiger partial charge is 0.379 e. The average molecular weight is 203 g/mol. The van der Waals surface area contributed by atoms with Crippen LogP contribution in [0, 0.1) is 0 Å². The van der Waals surface area contributed by atoms with E-state index in [4.69, 9.17) is 0 Å². The molecule has 0 fully saturated rings. The summed E-state index contributed by atoms with van der Waals surface area (Å²) in [5.41, 5.74) is 0. The molecule has 1 nitrogen and oxygen atoms in total. The Morgan fingerprint density at radius 1 is 1.42 bits per heavy atom. The van der Waals surface area contributed by atoms with Gasteiger partial charge in [0, 0.05) is 17.0 Å². The first-order valence-corrected chi connectivity index (χ1v) is 6.65. The van der Waals surface area contributed by atoms with Crippen LogP contribution in [0.5, 0.6) is 0 Å². The van der Waals surface area contributed by atoms with Crippen LogP contribution in [0.3, 0.4) is 0 Å². The lowest BCUT2D eigenvalue weighted by Crippen LogP contribution is -2.11. The molecular weight excluding hydrogens is 186 g/mol. The fraction of sp³-hybridized carbons (Fsp3) is 0.778. The van der Waals surface area contributed by atoms with Gasteiger partial charge < -0.3 is 5.32 Å². The van der Waals surface area contributed by atoms with Crippen LogP contribution in [0.25, 0.3) is 0 Å². The Labute approximate surface area is 83.8 Å². The molecule has 0 atom stereocenters. The average Bonchev–Trinajstić information content (AvgIpc) is 2.57. The Balaban J connectivity index is 1.88. The second-order valence-electron chi connectivity index (χ2n) is 2.90. The van der Waals surface area contributed by atoms with E-state index in [-0.39, 0.29) is 0 Å². The van der Waals surface area contributed by atoms with E-state index in [1.54, 1.807) is 0 Å². The molecule has 1 heterocycles. The predicted octanol–water partition coefficient (Wildman–Crippen LogP) is 3.39. The molecule has 0 aromatic carbocycles. The third kappa shape index (κ3) is 4.31. The number of hydrogen-bond donors (Lipinski definition) is 1. The highest BCUT2D eigenvalue weighted by atomic mass is 32.2. The van der Waals surface area contributed by atoms with Crippen molar-refractivity contribution >= 4 is 23.5 Å². The normalized spacial score (nSPS) is 16.2. The lowest BCUT2D eigenvalue weighted by atomic mass is 10.2. The first-order chi connectivity index (χ1) is 5.93. The second kappa shape index (κ2) is 6.72. The number of hydrogen-bond acceptors (Lipinski definition) is 3. The number of rotatable bonds is 6. The number of thioether (sulfide) groups is 2. The van der Waals surface area contributed by atoms with E-state index in [1.807, 2.05) is 23.5 Å². The molecule has 0 aromatic rings. The van der Waals surface area contributed by atoms with Gasteiger partial charge in [-0.1, -0.05) is 37.9 Å². The topological polar surface area (TPSA) is 12.0 Å². The quantitative estimate of drug-likeness (QED) is 0.665. The van der Waals surface area contributed by atoms with Crippen molar-refractivity contribution in [1.29, 1.82) is 0 Å². The van der Waals surface area contributed by atoms with E-state index >= 15 is 0 Å². The minimum Gasteiger partial charge on any atom is -0.379 e. The summed E-state index contributed by atoms with van der Waals surface area (Å²) < 4.78 is 0. The molecule has 1 N–H and O–H groups in total. The summed E-state index contributed by atoms with van der Waals surface area (Å²) in [4.78, 5) is 0. The molecular formula is C9H17NS2. The summed E-state index contributed by atoms with van der Waals surface area (Å²) in [7, 11) is 0. The minimum atomic E-state index is 1.15. The molecule has 0 radical (unpaired) electrons. The summed E-state index contributed by atoms with van der Waals surface area (Å²) in [6.07, 6.45) is 5.39. The molecule has 0 amide bonds. The van der Waals surface area contributed by atoms with E-state index in [0.29, 0.717) is 0 Å². The molecule has 0 aliphatic carbocycles. The second-order valence-corrected chi connectivity index (χ2v) is 5.14. The highest BCUT2D eigenvalue weighted by Crippen LogP contribution is 2.29. The van der Waals surface area contributed by atoms with Crippen molar-refractivity contribution in [3.05, 3.63) is 10.4 Å². The molecule has 1 rings (SSSR count). The van der Waals surface area contributed by atoms with Crippen LogP contribution < -0.4 is 5.32 Å². The third-order valence-corrected chi connectivity index (χ3v) is 3.94. The van der Waals surface area contributed by atoms with Crippen LogP contribution in [0.15, 0.2) is 10.4 Å². The van der Waals surface area contributed by atoms with Gasteiger partial charge in [-0.3, -0.25) is 0 Å². The van der Waals surface area contributed by atoms with Gasteiger partial charge in [0.1, 0.15) is 0 Å². The van der Waals surface area contributed by atoms with Crippen LogP contribution in [0.4, 0.5) is 0 Å². The number of nitrogens with one attached hydrogen (secondary N) is 1. The Morgan fingerprint density at radius 3 is 3.00 bits per heavy atom. The molecule has 0 aromatic heterocycles. The smallest absolute Gasteiger partial charge is 0.0754 e. The van der Waals surface area contributed by atoms with Crippen LogP contribution in [-0.2, 0) is 0 Å². The van der Waals surface area contributed by atoms with Crippen molar-refractivity contribution in [2.45, 2.75) is 32.6 Å². The molecule has 70 valence electrons. The summed E-state index contributed by atoms with van der Waals surface area (Å²) in [5, 5.41) is 8.23. The lowest BCUT2D eigenvalue weighted by molar-refractivity contribution is 0.644. The van der Waals surface area contributed by atoms with Crippen LogP contribution >= 0.6 is 23.5 Å². The Kier molecular flexibility index (Phi) is 5.78. The van der Waals surface area contributed by atoms with Gasteiger partial charge in [-0.25, -0.2) is 0 Å². The maximum absolute atomic E-state index is 3.44. The molecule has 1 aliphatic rings. The number of unbranched alkanes of at least 4 members (excludes halogenated alkanes) is 3. The van der Waals surface area contributed by atoms with Gasteiger partial charge >= 0.3 is 0 Å². The van der Waals surface area contributed by atoms with Gasteiger partial charge in [0.2, 0.25) is 0 Å². The summed E-state index contributed by atoms with van der Waals surface area (Å²) >= 11 is 3.81. The first kappa shape index (κ1) is 10.3. The third-order valence-electron chi connectivity index (χ3n) is 1.80. The summed E-state index contributed by atoms with van der Waals surface area (Å²) in [6, 6.07) is 0. The zero-order chi connectivity index (χ0) is 8.65. The van der Waals surface area contributed by atoms with Crippen molar-refractivity contribution in [2.75, 3.05) is 11.6 Å². The Morgan fingerprint density at radius 2 is 2.33 bits per heavy atom. The fourth-order valence-corrected chi connectivity index (χ4v) is 3.06. The van der Waals surface area contributed by atoms with Gasteiger partial charge in [-0.15, -0.1) is 11.8 Å². The van der Waals surface area contributed by atoms with Crippen molar-refractivity contribution in [3.63, 3.8) is 0 Å². The highest BCUT2D eigenvalue weighted by Gasteiger charge is 2.03. The van der Waals surface area contributed by atoms with Gasteiger partial charge in [0.25, 0.3) is 0 Å².